The number of nitrogens with one attached hydrogen (secondary N) is 1. The van der Waals surface area contributed by atoms with E-state index in [1.807, 2.05) is 38.1 Å². The molecule has 0 aliphatic carbocycles. The first-order valence-corrected chi connectivity index (χ1v) is 7.00. The van der Waals surface area contributed by atoms with Crippen molar-refractivity contribution >= 4 is 11.6 Å². The molecule has 0 aliphatic rings. The monoisotopic (exact) mass is 287 g/mol. The molecule has 0 aliphatic heterocycles. The predicted octanol–water partition coefficient (Wildman–Crippen LogP) is 1.64. The van der Waals surface area contributed by atoms with Gasteiger partial charge in [-0.1, -0.05) is 19.1 Å². The Hall–Kier alpha value is -2.21. The lowest BCUT2D eigenvalue weighted by Crippen LogP contribution is -2.39. The number of hydrogen-bond acceptors (Lipinski definition) is 4. The number of rotatable bonds is 6. The second-order valence-corrected chi connectivity index (χ2v) is 5.37. The first-order chi connectivity index (χ1) is 10.1. The van der Waals surface area contributed by atoms with Crippen molar-refractivity contribution in [1.82, 2.24) is 14.8 Å². The third kappa shape index (κ3) is 3.66. The van der Waals surface area contributed by atoms with Crippen LogP contribution in [-0.4, -0.2) is 27.2 Å². The molecular weight excluding hydrogens is 266 g/mol. The molecule has 1 unspecified atom stereocenters. The second-order valence-electron chi connectivity index (χ2n) is 5.37. The molecule has 6 heteroatoms. The maximum absolute atomic E-state index is 12.3. The fourth-order valence-electron chi connectivity index (χ4n) is 1.93. The molecule has 21 heavy (non-hydrogen) atoms. The number of anilines is 1. The summed E-state index contributed by atoms with van der Waals surface area (Å²) < 4.78 is 1.73. The highest BCUT2D eigenvalue weighted by Gasteiger charge is 2.29. The Labute approximate surface area is 124 Å². The molecule has 1 heterocycles. The molecule has 0 saturated carbocycles. The van der Waals surface area contributed by atoms with Gasteiger partial charge in [-0.15, -0.1) is 0 Å². The molecule has 0 bridgehead atoms. The van der Waals surface area contributed by atoms with Crippen molar-refractivity contribution in [3.05, 3.63) is 42.5 Å². The molecular formula is C15H21N5O. The molecule has 0 spiro atoms. The normalized spacial score (nSPS) is 13.7. The largest absolute Gasteiger partial charge is 0.329 e. The van der Waals surface area contributed by atoms with Gasteiger partial charge in [-0.3, -0.25) is 4.79 Å². The van der Waals surface area contributed by atoms with E-state index in [1.54, 1.807) is 11.0 Å². The maximum Gasteiger partial charge on any atom is 0.231 e. The van der Waals surface area contributed by atoms with E-state index in [4.69, 9.17) is 5.73 Å². The second kappa shape index (κ2) is 6.49. The number of amides is 1. The zero-order valence-electron chi connectivity index (χ0n) is 12.4. The summed E-state index contributed by atoms with van der Waals surface area (Å²) in [5.41, 5.74) is 6.99. The van der Waals surface area contributed by atoms with E-state index in [0.29, 0.717) is 19.5 Å². The van der Waals surface area contributed by atoms with Crippen LogP contribution >= 0.6 is 0 Å². The number of hydrogen-bond donors (Lipinski definition) is 2. The Kier molecular flexibility index (Phi) is 4.70. The SMILES string of the molecule is CCC(C)(CN)C(=O)Nc1cccc(Cn2cncn2)c1. The summed E-state index contributed by atoms with van der Waals surface area (Å²) in [7, 11) is 0. The molecule has 2 aromatic rings. The van der Waals surface area contributed by atoms with Crippen LogP contribution in [0, 0.1) is 5.41 Å². The van der Waals surface area contributed by atoms with E-state index >= 15 is 0 Å². The topological polar surface area (TPSA) is 85.8 Å². The molecule has 3 N–H and O–H groups in total. The van der Waals surface area contributed by atoms with E-state index in [0.717, 1.165) is 11.3 Å². The highest BCUT2D eigenvalue weighted by molar-refractivity contribution is 5.95. The Balaban J connectivity index is 2.09. The first kappa shape index (κ1) is 15.2. The van der Waals surface area contributed by atoms with Crippen LogP contribution in [0.4, 0.5) is 5.69 Å². The third-order valence-corrected chi connectivity index (χ3v) is 3.78. The van der Waals surface area contributed by atoms with Crippen molar-refractivity contribution in [1.29, 1.82) is 0 Å². The van der Waals surface area contributed by atoms with Crippen LogP contribution < -0.4 is 11.1 Å². The summed E-state index contributed by atoms with van der Waals surface area (Å²) in [5.74, 6) is -0.0506. The van der Waals surface area contributed by atoms with Crippen LogP contribution in [0.5, 0.6) is 0 Å². The first-order valence-electron chi connectivity index (χ1n) is 7.00. The maximum atomic E-state index is 12.3. The number of carbonyl (C=O) groups excluding carboxylic acids is 1. The van der Waals surface area contributed by atoms with Crippen LogP contribution in [0.25, 0.3) is 0 Å². The number of nitrogens with two attached hydrogens (primary N) is 1. The number of aromatic nitrogens is 3. The molecule has 0 fully saturated rings. The zero-order chi connectivity index (χ0) is 15.3. The van der Waals surface area contributed by atoms with Gasteiger partial charge in [-0.05, 0) is 31.0 Å². The number of benzene rings is 1. The van der Waals surface area contributed by atoms with Crippen LogP contribution in [-0.2, 0) is 11.3 Å². The Bertz CT molecular complexity index is 590. The van der Waals surface area contributed by atoms with E-state index in [-0.39, 0.29) is 5.91 Å². The fourth-order valence-corrected chi connectivity index (χ4v) is 1.93. The van der Waals surface area contributed by atoms with Gasteiger partial charge in [0.1, 0.15) is 12.7 Å². The summed E-state index contributed by atoms with van der Waals surface area (Å²) in [6, 6.07) is 7.70. The van der Waals surface area contributed by atoms with Crippen LogP contribution in [0.1, 0.15) is 25.8 Å². The smallest absolute Gasteiger partial charge is 0.231 e. The summed E-state index contributed by atoms with van der Waals surface area (Å²) in [6.45, 7) is 4.79. The van der Waals surface area contributed by atoms with Gasteiger partial charge in [0.25, 0.3) is 0 Å². The van der Waals surface area contributed by atoms with Crippen molar-refractivity contribution < 1.29 is 4.79 Å². The molecule has 1 amide bonds. The molecule has 112 valence electrons. The van der Waals surface area contributed by atoms with Gasteiger partial charge in [-0.25, -0.2) is 9.67 Å². The molecule has 1 atom stereocenters. The Morgan fingerprint density at radius 1 is 1.48 bits per heavy atom. The number of nitrogens with zero attached hydrogens (tertiary/aromatic N) is 3. The van der Waals surface area contributed by atoms with Gasteiger partial charge in [0.15, 0.2) is 0 Å². The van der Waals surface area contributed by atoms with Gasteiger partial charge < -0.3 is 11.1 Å². The molecule has 0 radical (unpaired) electrons. The van der Waals surface area contributed by atoms with Gasteiger partial charge in [0, 0.05) is 12.2 Å². The van der Waals surface area contributed by atoms with Crippen molar-refractivity contribution in [2.24, 2.45) is 11.1 Å². The average Bonchev–Trinajstić information content (AvgIpc) is 2.99. The average molecular weight is 287 g/mol. The summed E-state index contributed by atoms with van der Waals surface area (Å²) in [4.78, 5) is 16.2. The molecule has 1 aromatic carbocycles. The summed E-state index contributed by atoms with van der Waals surface area (Å²) in [6.07, 6.45) is 3.86. The number of carbonyl (C=O) groups is 1. The Morgan fingerprint density at radius 3 is 2.90 bits per heavy atom. The zero-order valence-corrected chi connectivity index (χ0v) is 12.4. The summed E-state index contributed by atoms with van der Waals surface area (Å²) in [5, 5.41) is 7.01. The van der Waals surface area contributed by atoms with Crippen LogP contribution in [0.3, 0.4) is 0 Å². The van der Waals surface area contributed by atoms with Crippen molar-refractivity contribution in [2.75, 3.05) is 11.9 Å². The van der Waals surface area contributed by atoms with Gasteiger partial charge in [0.05, 0.1) is 12.0 Å². The standard InChI is InChI=1S/C15H21N5O/c1-3-15(2,9-16)14(21)19-13-6-4-5-12(7-13)8-20-11-17-10-18-20/h4-7,10-11H,3,8-9,16H2,1-2H3,(H,19,21). The van der Waals surface area contributed by atoms with Crippen molar-refractivity contribution in [3.8, 4) is 0 Å². The fraction of sp³-hybridized carbons (Fsp3) is 0.400. The third-order valence-electron chi connectivity index (χ3n) is 3.78. The minimum Gasteiger partial charge on any atom is -0.329 e. The van der Waals surface area contributed by atoms with E-state index in [2.05, 4.69) is 15.4 Å². The Morgan fingerprint density at radius 2 is 2.29 bits per heavy atom. The highest BCUT2D eigenvalue weighted by atomic mass is 16.2. The van der Waals surface area contributed by atoms with E-state index in [1.165, 1.54) is 6.33 Å². The quantitative estimate of drug-likeness (QED) is 0.845. The minimum absolute atomic E-state index is 0.0506. The highest BCUT2D eigenvalue weighted by Crippen LogP contribution is 2.22. The van der Waals surface area contributed by atoms with Crippen molar-refractivity contribution in [3.63, 3.8) is 0 Å². The molecule has 1 aromatic heterocycles. The van der Waals surface area contributed by atoms with E-state index in [9.17, 15) is 4.79 Å². The van der Waals surface area contributed by atoms with Gasteiger partial charge >= 0.3 is 0 Å². The summed E-state index contributed by atoms with van der Waals surface area (Å²) >= 11 is 0. The van der Waals surface area contributed by atoms with Crippen molar-refractivity contribution in [2.45, 2.75) is 26.8 Å². The van der Waals surface area contributed by atoms with Gasteiger partial charge in [0.2, 0.25) is 5.91 Å². The van der Waals surface area contributed by atoms with E-state index < -0.39 is 5.41 Å². The molecule has 2 rings (SSSR count). The molecule has 0 saturated heterocycles. The van der Waals surface area contributed by atoms with Gasteiger partial charge in [-0.2, -0.15) is 5.10 Å². The lowest BCUT2D eigenvalue weighted by molar-refractivity contribution is -0.124. The minimum atomic E-state index is -0.540. The molecule has 6 nitrogen and oxygen atoms in total. The lowest BCUT2D eigenvalue weighted by Gasteiger charge is -2.25. The van der Waals surface area contributed by atoms with Crippen LogP contribution in [0.15, 0.2) is 36.9 Å². The lowest BCUT2D eigenvalue weighted by atomic mass is 9.86. The predicted molar refractivity (Wildman–Crippen MR) is 81.6 cm³/mol. The van der Waals surface area contributed by atoms with Crippen LogP contribution in [0.2, 0.25) is 0 Å².